The molecule has 0 aliphatic heterocycles. The van der Waals surface area contributed by atoms with Crippen LogP contribution in [0.2, 0.25) is 0 Å². The molecule has 0 heterocycles. The number of carbonyl (C=O) groups is 1. The lowest BCUT2D eigenvalue weighted by atomic mass is 9.93. The molecule has 0 fully saturated rings. The van der Waals surface area contributed by atoms with Gasteiger partial charge in [-0.3, -0.25) is 4.79 Å². The summed E-state index contributed by atoms with van der Waals surface area (Å²) in [5, 5.41) is 9.60. The zero-order valence-corrected chi connectivity index (χ0v) is 10.3. The molecule has 4 nitrogen and oxygen atoms in total. The molecule has 0 radical (unpaired) electrons. The van der Waals surface area contributed by atoms with Crippen molar-refractivity contribution in [3.63, 3.8) is 0 Å². The summed E-state index contributed by atoms with van der Waals surface area (Å²) in [6.45, 7) is 8.92. The number of carbonyl (C=O) groups excluding carboxylic acids is 1. The second-order valence-electron chi connectivity index (χ2n) is 5.48. The van der Waals surface area contributed by atoms with E-state index in [2.05, 4.69) is 0 Å². The maximum atomic E-state index is 11.7. The molecule has 90 valence electrons. The second-order valence-corrected chi connectivity index (χ2v) is 5.48. The SMILES string of the molecule is CC(C)(O)C[C@@H](CN)C(=O)OC(C)(C)C. The van der Waals surface area contributed by atoms with Crippen molar-refractivity contribution in [2.24, 2.45) is 11.7 Å². The van der Waals surface area contributed by atoms with Crippen LogP contribution >= 0.6 is 0 Å². The lowest BCUT2D eigenvalue weighted by Crippen LogP contribution is -2.36. The van der Waals surface area contributed by atoms with Crippen molar-refractivity contribution >= 4 is 5.97 Å². The van der Waals surface area contributed by atoms with Crippen molar-refractivity contribution < 1.29 is 14.6 Å². The maximum absolute atomic E-state index is 11.7. The number of hydrogen-bond acceptors (Lipinski definition) is 4. The smallest absolute Gasteiger partial charge is 0.310 e. The minimum absolute atomic E-state index is 0.193. The number of hydrogen-bond donors (Lipinski definition) is 2. The molecule has 3 N–H and O–H groups in total. The van der Waals surface area contributed by atoms with E-state index in [1.54, 1.807) is 13.8 Å². The van der Waals surface area contributed by atoms with Gasteiger partial charge in [0.2, 0.25) is 0 Å². The summed E-state index contributed by atoms with van der Waals surface area (Å²) in [4.78, 5) is 11.7. The molecule has 0 aromatic carbocycles. The van der Waals surface area contributed by atoms with E-state index < -0.39 is 17.1 Å². The highest BCUT2D eigenvalue weighted by Crippen LogP contribution is 2.19. The monoisotopic (exact) mass is 217 g/mol. The molecule has 0 aromatic rings. The molecule has 0 rings (SSSR count). The highest BCUT2D eigenvalue weighted by atomic mass is 16.6. The average molecular weight is 217 g/mol. The van der Waals surface area contributed by atoms with Crippen LogP contribution < -0.4 is 5.73 Å². The van der Waals surface area contributed by atoms with Gasteiger partial charge in [0.25, 0.3) is 0 Å². The normalized spacial score (nSPS) is 14.9. The van der Waals surface area contributed by atoms with E-state index in [9.17, 15) is 9.90 Å². The number of ether oxygens (including phenoxy) is 1. The van der Waals surface area contributed by atoms with Crippen LogP contribution in [0.4, 0.5) is 0 Å². The van der Waals surface area contributed by atoms with E-state index in [1.165, 1.54) is 0 Å². The lowest BCUT2D eigenvalue weighted by molar-refractivity contribution is -0.161. The van der Waals surface area contributed by atoms with Crippen LogP contribution in [0.3, 0.4) is 0 Å². The summed E-state index contributed by atoms with van der Waals surface area (Å²) in [6, 6.07) is 0. The molecule has 0 amide bonds. The Labute approximate surface area is 91.8 Å². The fourth-order valence-corrected chi connectivity index (χ4v) is 1.25. The summed E-state index contributed by atoms with van der Waals surface area (Å²) in [7, 11) is 0. The fraction of sp³-hybridized carbons (Fsp3) is 0.909. The molecule has 15 heavy (non-hydrogen) atoms. The largest absolute Gasteiger partial charge is 0.460 e. The third kappa shape index (κ3) is 7.33. The van der Waals surface area contributed by atoms with Crippen LogP contribution in [0.25, 0.3) is 0 Å². The average Bonchev–Trinajstić information content (AvgIpc) is 1.94. The highest BCUT2D eigenvalue weighted by molar-refractivity contribution is 5.73. The van der Waals surface area contributed by atoms with Gasteiger partial charge in [-0.15, -0.1) is 0 Å². The van der Waals surface area contributed by atoms with E-state index in [1.807, 2.05) is 20.8 Å². The highest BCUT2D eigenvalue weighted by Gasteiger charge is 2.28. The Hall–Kier alpha value is -0.610. The van der Waals surface area contributed by atoms with Crippen molar-refractivity contribution in [3.8, 4) is 0 Å². The van der Waals surface area contributed by atoms with E-state index >= 15 is 0 Å². The van der Waals surface area contributed by atoms with Crippen LogP contribution in [-0.2, 0) is 9.53 Å². The molecule has 0 saturated heterocycles. The van der Waals surface area contributed by atoms with E-state index in [0.717, 1.165) is 0 Å². The van der Waals surface area contributed by atoms with E-state index in [-0.39, 0.29) is 12.5 Å². The summed E-state index contributed by atoms with van der Waals surface area (Å²) in [5.74, 6) is -0.781. The van der Waals surface area contributed by atoms with Gasteiger partial charge in [0.15, 0.2) is 0 Å². The molecule has 0 saturated carbocycles. The number of rotatable bonds is 4. The number of esters is 1. The zero-order chi connectivity index (χ0) is 12.3. The molecule has 0 bridgehead atoms. The van der Waals surface area contributed by atoms with E-state index in [4.69, 9.17) is 10.5 Å². The van der Waals surface area contributed by atoms with Crippen molar-refractivity contribution in [3.05, 3.63) is 0 Å². The topological polar surface area (TPSA) is 72.5 Å². The molecule has 0 aromatic heterocycles. The molecule has 1 atom stereocenters. The lowest BCUT2D eigenvalue weighted by Gasteiger charge is -2.26. The summed E-state index contributed by atoms with van der Waals surface area (Å²) >= 11 is 0. The Balaban J connectivity index is 4.36. The molecular weight excluding hydrogens is 194 g/mol. The van der Waals surface area contributed by atoms with Gasteiger partial charge in [-0.1, -0.05) is 0 Å². The van der Waals surface area contributed by atoms with Gasteiger partial charge in [0.1, 0.15) is 5.60 Å². The molecule has 0 aliphatic carbocycles. The summed E-state index contributed by atoms with van der Waals surface area (Å²) in [5.41, 5.74) is 4.08. The Morgan fingerprint density at radius 3 is 2.07 bits per heavy atom. The van der Waals surface area contributed by atoms with Gasteiger partial charge in [-0.2, -0.15) is 0 Å². The summed E-state index contributed by atoms with van der Waals surface area (Å²) in [6.07, 6.45) is 0.318. The first-order valence-corrected chi connectivity index (χ1v) is 5.20. The van der Waals surface area contributed by atoms with Crippen LogP contribution in [0.1, 0.15) is 41.0 Å². The van der Waals surface area contributed by atoms with Crippen LogP contribution in [0, 0.1) is 5.92 Å². The Morgan fingerprint density at radius 1 is 1.33 bits per heavy atom. The molecular formula is C11H23NO3. The standard InChI is InChI=1S/C11H23NO3/c1-10(2,3)15-9(13)8(7-12)6-11(4,5)14/h8,14H,6-7,12H2,1-5H3/t8-/m0/s1. The van der Waals surface area contributed by atoms with Gasteiger partial charge in [0, 0.05) is 6.54 Å². The minimum atomic E-state index is -0.902. The van der Waals surface area contributed by atoms with E-state index in [0.29, 0.717) is 6.42 Å². The first-order valence-electron chi connectivity index (χ1n) is 5.20. The number of nitrogens with two attached hydrogens (primary N) is 1. The zero-order valence-electron chi connectivity index (χ0n) is 10.3. The minimum Gasteiger partial charge on any atom is -0.460 e. The Kier molecular flexibility index (Phi) is 4.74. The third-order valence-electron chi connectivity index (χ3n) is 1.77. The van der Waals surface area contributed by atoms with Crippen molar-refractivity contribution in [1.82, 2.24) is 0 Å². The van der Waals surface area contributed by atoms with Crippen LogP contribution in [0.5, 0.6) is 0 Å². The quantitative estimate of drug-likeness (QED) is 0.691. The fourth-order valence-electron chi connectivity index (χ4n) is 1.25. The molecule has 0 unspecified atom stereocenters. The van der Waals surface area contributed by atoms with Crippen LogP contribution in [0.15, 0.2) is 0 Å². The van der Waals surface area contributed by atoms with Gasteiger partial charge in [0.05, 0.1) is 11.5 Å². The predicted molar refractivity (Wildman–Crippen MR) is 59.3 cm³/mol. The van der Waals surface area contributed by atoms with Crippen molar-refractivity contribution in [2.45, 2.75) is 52.2 Å². The first kappa shape index (κ1) is 14.4. The second kappa shape index (κ2) is 4.94. The first-order chi connectivity index (χ1) is 6.55. The van der Waals surface area contributed by atoms with Crippen molar-refractivity contribution in [1.29, 1.82) is 0 Å². The molecule has 0 spiro atoms. The van der Waals surface area contributed by atoms with Gasteiger partial charge < -0.3 is 15.6 Å². The predicted octanol–water partition coefficient (Wildman–Crippen LogP) is 1.06. The molecule has 4 heteroatoms. The summed E-state index contributed by atoms with van der Waals surface area (Å²) < 4.78 is 5.21. The third-order valence-corrected chi connectivity index (χ3v) is 1.77. The Bertz CT molecular complexity index is 213. The van der Waals surface area contributed by atoms with Crippen molar-refractivity contribution in [2.75, 3.05) is 6.54 Å². The molecule has 0 aliphatic rings. The number of aliphatic hydroxyl groups is 1. The van der Waals surface area contributed by atoms with Gasteiger partial charge >= 0.3 is 5.97 Å². The van der Waals surface area contributed by atoms with Gasteiger partial charge in [-0.05, 0) is 41.0 Å². The maximum Gasteiger partial charge on any atom is 0.310 e. The van der Waals surface area contributed by atoms with Gasteiger partial charge in [-0.25, -0.2) is 0 Å². The van der Waals surface area contributed by atoms with Crippen LogP contribution in [-0.4, -0.2) is 28.8 Å². The Morgan fingerprint density at radius 2 is 1.80 bits per heavy atom.